The maximum atomic E-state index is 11.1. The molecule has 96 valence electrons. The van der Waals surface area contributed by atoms with Crippen molar-refractivity contribution in [2.24, 2.45) is 10.8 Å². The molecule has 0 rings (SSSR count). The summed E-state index contributed by atoms with van der Waals surface area (Å²) in [4.78, 5) is 4.13. The largest absolute Gasteiger partial charge is 0.354 e. The van der Waals surface area contributed by atoms with Gasteiger partial charge in [0.15, 0.2) is 0 Å². The van der Waals surface area contributed by atoms with Crippen LogP contribution < -0.4 is 21.3 Å². The van der Waals surface area contributed by atoms with E-state index in [1.807, 2.05) is 0 Å². The quantitative estimate of drug-likeness (QED) is 0.149. The first kappa shape index (κ1) is 15.1. The summed E-state index contributed by atoms with van der Waals surface area (Å²) in [6, 6.07) is 0. The molecule has 7 nitrogen and oxygen atoms in total. The van der Waals surface area contributed by atoms with Crippen molar-refractivity contribution in [2.75, 3.05) is 25.9 Å². The highest BCUT2D eigenvalue weighted by molar-refractivity contribution is 7.89. The molecule has 0 aliphatic rings. The number of nitrogens with zero attached hydrogens (tertiary/aromatic N) is 1. The van der Waals surface area contributed by atoms with Crippen LogP contribution in [0.15, 0.2) is 4.99 Å². The summed E-state index contributed by atoms with van der Waals surface area (Å²) in [6.45, 7) is 3.00. The van der Waals surface area contributed by atoms with Gasteiger partial charge >= 0.3 is 0 Å². The second kappa shape index (κ2) is 8.31. The summed E-state index contributed by atoms with van der Waals surface area (Å²) in [7, 11) is -1.80. The van der Waals surface area contributed by atoms with Gasteiger partial charge in [0, 0.05) is 13.1 Å². The third kappa shape index (κ3) is 7.43. The van der Waals surface area contributed by atoms with Crippen molar-refractivity contribution >= 4 is 16.0 Å². The second-order valence-corrected chi connectivity index (χ2v) is 5.22. The van der Waals surface area contributed by atoms with Crippen LogP contribution in [-0.2, 0) is 10.0 Å². The molecule has 0 saturated heterocycles. The van der Waals surface area contributed by atoms with Crippen molar-refractivity contribution in [3.63, 3.8) is 0 Å². The average Bonchev–Trinajstić information content (AvgIpc) is 2.27. The number of guanidine groups is 1. The van der Waals surface area contributed by atoms with E-state index in [0.29, 0.717) is 12.5 Å². The monoisotopic (exact) mass is 251 g/mol. The van der Waals surface area contributed by atoms with Gasteiger partial charge in [-0.05, 0) is 13.5 Å². The van der Waals surface area contributed by atoms with Gasteiger partial charge < -0.3 is 5.32 Å². The van der Waals surface area contributed by atoms with E-state index >= 15 is 0 Å². The second-order valence-electron chi connectivity index (χ2n) is 3.18. The smallest absolute Gasteiger partial charge is 0.213 e. The zero-order valence-electron chi connectivity index (χ0n) is 9.78. The van der Waals surface area contributed by atoms with Gasteiger partial charge in [-0.1, -0.05) is 13.3 Å². The van der Waals surface area contributed by atoms with Gasteiger partial charge in [-0.3, -0.25) is 10.4 Å². The van der Waals surface area contributed by atoms with Crippen molar-refractivity contribution < 1.29 is 8.42 Å². The highest BCUT2D eigenvalue weighted by atomic mass is 32.2. The molecule has 0 bridgehead atoms. The minimum absolute atomic E-state index is 0.0159. The Balaban J connectivity index is 3.92. The normalized spacial score (nSPS) is 12.6. The Morgan fingerprint density at radius 1 is 1.44 bits per heavy atom. The van der Waals surface area contributed by atoms with Crippen LogP contribution in [0.1, 0.15) is 19.8 Å². The lowest BCUT2D eigenvalue weighted by molar-refractivity contribution is 0.586. The predicted octanol–water partition coefficient (Wildman–Crippen LogP) is -1.26. The number of rotatable bonds is 7. The van der Waals surface area contributed by atoms with Gasteiger partial charge in [0.1, 0.15) is 0 Å². The van der Waals surface area contributed by atoms with Crippen LogP contribution in [0, 0.1) is 0 Å². The van der Waals surface area contributed by atoms with Crippen LogP contribution in [0.4, 0.5) is 0 Å². The van der Waals surface area contributed by atoms with E-state index < -0.39 is 10.0 Å². The Hall–Kier alpha value is -0.860. The summed E-state index contributed by atoms with van der Waals surface area (Å²) >= 11 is 0. The van der Waals surface area contributed by atoms with Crippen molar-refractivity contribution in [3.8, 4) is 0 Å². The maximum Gasteiger partial charge on any atom is 0.213 e. The zero-order valence-corrected chi connectivity index (χ0v) is 10.6. The molecular formula is C8H21N5O2S. The molecule has 0 unspecified atom stereocenters. The molecule has 5 N–H and O–H groups in total. The van der Waals surface area contributed by atoms with Gasteiger partial charge in [0.2, 0.25) is 16.0 Å². The van der Waals surface area contributed by atoms with Crippen LogP contribution >= 0.6 is 0 Å². The molecular weight excluding hydrogens is 230 g/mol. The number of unbranched alkanes of at least 4 members (excludes halogenated alkanes) is 1. The molecule has 0 aromatic carbocycles. The van der Waals surface area contributed by atoms with Gasteiger partial charge in [-0.2, -0.15) is 0 Å². The van der Waals surface area contributed by atoms with Crippen molar-refractivity contribution in [1.29, 1.82) is 0 Å². The molecule has 0 aromatic rings. The minimum atomic E-state index is -3.18. The van der Waals surface area contributed by atoms with E-state index in [1.54, 1.807) is 0 Å². The number of nitrogens with two attached hydrogens (primary N) is 1. The van der Waals surface area contributed by atoms with Gasteiger partial charge in [0.05, 0.1) is 5.75 Å². The Bertz CT molecular complexity index is 302. The molecule has 0 aliphatic heterocycles. The Morgan fingerprint density at radius 2 is 2.12 bits per heavy atom. The number of hydrazine groups is 1. The van der Waals surface area contributed by atoms with Crippen molar-refractivity contribution in [3.05, 3.63) is 0 Å². The van der Waals surface area contributed by atoms with E-state index in [1.165, 1.54) is 7.05 Å². The van der Waals surface area contributed by atoms with Crippen LogP contribution in [-0.4, -0.2) is 40.3 Å². The van der Waals surface area contributed by atoms with Gasteiger partial charge in [0.25, 0.3) is 0 Å². The molecule has 0 atom stereocenters. The highest BCUT2D eigenvalue weighted by Crippen LogP contribution is 1.86. The van der Waals surface area contributed by atoms with Crippen LogP contribution in [0.3, 0.4) is 0 Å². The number of hydrogen-bond donors (Lipinski definition) is 4. The lowest BCUT2D eigenvalue weighted by atomic mass is 10.3. The lowest BCUT2D eigenvalue weighted by Crippen LogP contribution is -2.44. The van der Waals surface area contributed by atoms with Gasteiger partial charge in [-0.15, -0.1) is 0 Å². The zero-order chi connectivity index (χ0) is 12.4. The molecule has 0 heterocycles. The summed E-state index contributed by atoms with van der Waals surface area (Å²) in [5, 5.41) is 2.81. The predicted molar refractivity (Wildman–Crippen MR) is 65.4 cm³/mol. The van der Waals surface area contributed by atoms with Gasteiger partial charge in [-0.25, -0.2) is 19.0 Å². The minimum Gasteiger partial charge on any atom is -0.354 e. The molecule has 0 saturated carbocycles. The number of nitrogens with one attached hydrogen (secondary N) is 3. The Labute approximate surface area is 96.9 Å². The first-order chi connectivity index (χ1) is 7.55. The van der Waals surface area contributed by atoms with Crippen LogP contribution in [0.2, 0.25) is 0 Å². The molecule has 8 heteroatoms. The number of sulfonamides is 1. The van der Waals surface area contributed by atoms with E-state index in [4.69, 9.17) is 5.84 Å². The Morgan fingerprint density at radius 3 is 2.62 bits per heavy atom. The first-order valence-electron chi connectivity index (χ1n) is 5.22. The Kier molecular flexibility index (Phi) is 7.86. The fraction of sp³-hybridized carbons (Fsp3) is 0.875. The molecule has 16 heavy (non-hydrogen) atoms. The highest BCUT2D eigenvalue weighted by Gasteiger charge is 2.06. The molecule has 0 amide bonds. The molecule has 0 fully saturated rings. The average molecular weight is 251 g/mol. The fourth-order valence-corrected chi connectivity index (χ4v) is 1.48. The molecule has 0 aromatic heterocycles. The first-order valence-corrected chi connectivity index (χ1v) is 6.87. The number of hydrogen-bond acceptors (Lipinski definition) is 4. The molecule has 0 radical (unpaired) electrons. The third-order valence-electron chi connectivity index (χ3n) is 1.89. The SMILES string of the molecule is CCCCN=C(NN)NCCS(=O)(=O)NC. The van der Waals surface area contributed by atoms with E-state index in [0.717, 1.165) is 12.8 Å². The lowest BCUT2D eigenvalue weighted by Gasteiger charge is -2.08. The maximum absolute atomic E-state index is 11.1. The van der Waals surface area contributed by atoms with E-state index in [2.05, 4.69) is 27.4 Å². The van der Waals surface area contributed by atoms with Crippen molar-refractivity contribution in [1.82, 2.24) is 15.5 Å². The summed E-state index contributed by atoms with van der Waals surface area (Å²) in [6.07, 6.45) is 2.02. The van der Waals surface area contributed by atoms with Crippen LogP contribution in [0.5, 0.6) is 0 Å². The topological polar surface area (TPSA) is 109 Å². The molecule has 0 spiro atoms. The fourth-order valence-electron chi connectivity index (χ4n) is 0.907. The van der Waals surface area contributed by atoms with Crippen molar-refractivity contribution in [2.45, 2.75) is 19.8 Å². The summed E-state index contributed by atoms with van der Waals surface area (Å²) in [5.41, 5.74) is 2.39. The van der Waals surface area contributed by atoms with Crippen LogP contribution in [0.25, 0.3) is 0 Å². The summed E-state index contributed by atoms with van der Waals surface area (Å²) in [5.74, 6) is 5.63. The third-order valence-corrected chi connectivity index (χ3v) is 3.26. The standard InChI is InChI=1S/C8H21N5O2S/c1-3-4-5-11-8(13-9)12-6-7-16(14,15)10-2/h10H,3-7,9H2,1-2H3,(H2,11,12,13). The number of aliphatic imine (C=N–C) groups is 1. The van der Waals surface area contributed by atoms with E-state index in [-0.39, 0.29) is 12.3 Å². The summed E-state index contributed by atoms with van der Waals surface area (Å²) < 4.78 is 24.4. The van der Waals surface area contributed by atoms with E-state index in [9.17, 15) is 8.42 Å². The molecule has 0 aliphatic carbocycles.